The molecule has 1 aliphatic rings. The molecule has 4 heteroatoms. The molecule has 0 aliphatic carbocycles. The molecule has 1 heterocycles. The lowest BCUT2D eigenvalue weighted by Crippen LogP contribution is -2.32. The van der Waals surface area contributed by atoms with E-state index >= 15 is 0 Å². The zero-order chi connectivity index (χ0) is 10.7. The maximum atomic E-state index is 11.1. The Labute approximate surface area is 93.4 Å². The normalized spacial score (nSPS) is 20.3. The predicted octanol–water partition coefficient (Wildman–Crippen LogP) is 1.75. The van der Waals surface area contributed by atoms with E-state index in [9.17, 15) is 4.79 Å². The van der Waals surface area contributed by atoms with Gasteiger partial charge in [0.1, 0.15) is 6.04 Å². The minimum absolute atomic E-state index is 0.149. The molecule has 0 aromatic heterocycles. The highest BCUT2D eigenvalue weighted by molar-refractivity contribution is 6.30. The molecule has 1 fully saturated rings. The van der Waals surface area contributed by atoms with Crippen LogP contribution in [0.4, 0.5) is 0 Å². The Morgan fingerprint density at radius 3 is 2.73 bits per heavy atom. The number of nitrogens with one attached hydrogen (secondary N) is 1. The van der Waals surface area contributed by atoms with Crippen LogP contribution < -0.4 is 5.32 Å². The molecule has 0 spiro atoms. The number of cyclic esters (lactones) is 1. The number of esters is 1. The minimum atomic E-state index is -0.152. The standard InChI is InChI=1S/C11H12ClNO2/c12-9-3-1-8(2-4-9)7-13-10-5-6-15-11(10)14/h1-4,10,13H,5-7H2. The first-order valence-corrected chi connectivity index (χ1v) is 5.28. The van der Waals surface area contributed by atoms with Crippen LogP contribution in [-0.2, 0) is 16.1 Å². The topological polar surface area (TPSA) is 38.3 Å². The predicted molar refractivity (Wildman–Crippen MR) is 57.7 cm³/mol. The van der Waals surface area contributed by atoms with Crippen LogP contribution in [0, 0.1) is 0 Å². The quantitative estimate of drug-likeness (QED) is 0.797. The Kier molecular flexibility index (Phi) is 3.23. The summed E-state index contributed by atoms with van der Waals surface area (Å²) >= 11 is 5.77. The Morgan fingerprint density at radius 2 is 2.13 bits per heavy atom. The van der Waals surface area contributed by atoms with Gasteiger partial charge in [-0.3, -0.25) is 4.79 Å². The van der Waals surface area contributed by atoms with Gasteiger partial charge < -0.3 is 10.1 Å². The third kappa shape index (κ3) is 2.70. The van der Waals surface area contributed by atoms with Gasteiger partial charge in [0.05, 0.1) is 6.61 Å². The molecule has 1 N–H and O–H groups in total. The molecular formula is C11H12ClNO2. The smallest absolute Gasteiger partial charge is 0.323 e. The van der Waals surface area contributed by atoms with Gasteiger partial charge in [-0.15, -0.1) is 0 Å². The number of hydrogen-bond acceptors (Lipinski definition) is 3. The average molecular weight is 226 g/mol. The highest BCUT2D eigenvalue weighted by Gasteiger charge is 2.25. The van der Waals surface area contributed by atoms with E-state index < -0.39 is 0 Å². The van der Waals surface area contributed by atoms with E-state index in [1.54, 1.807) is 0 Å². The fourth-order valence-electron chi connectivity index (χ4n) is 1.52. The summed E-state index contributed by atoms with van der Waals surface area (Å²) in [4.78, 5) is 11.1. The van der Waals surface area contributed by atoms with E-state index in [1.807, 2.05) is 24.3 Å². The van der Waals surface area contributed by atoms with Crippen LogP contribution in [0.2, 0.25) is 5.02 Å². The van der Waals surface area contributed by atoms with Crippen molar-refractivity contribution in [3.05, 3.63) is 34.9 Å². The maximum absolute atomic E-state index is 11.1. The molecule has 3 nitrogen and oxygen atoms in total. The Morgan fingerprint density at radius 1 is 1.40 bits per heavy atom. The molecule has 0 saturated carbocycles. The van der Waals surface area contributed by atoms with E-state index in [-0.39, 0.29) is 12.0 Å². The molecule has 0 amide bonds. The van der Waals surface area contributed by atoms with Crippen LogP contribution in [-0.4, -0.2) is 18.6 Å². The number of halogens is 1. The fourth-order valence-corrected chi connectivity index (χ4v) is 1.65. The number of benzene rings is 1. The zero-order valence-electron chi connectivity index (χ0n) is 8.20. The highest BCUT2D eigenvalue weighted by Crippen LogP contribution is 2.11. The van der Waals surface area contributed by atoms with E-state index in [2.05, 4.69) is 5.32 Å². The van der Waals surface area contributed by atoms with E-state index in [0.717, 1.165) is 17.0 Å². The molecule has 1 atom stereocenters. The number of hydrogen-bond donors (Lipinski definition) is 1. The van der Waals surface area contributed by atoms with Gasteiger partial charge in [0.25, 0.3) is 0 Å². The van der Waals surface area contributed by atoms with Crippen LogP contribution in [0.25, 0.3) is 0 Å². The third-order valence-electron chi connectivity index (χ3n) is 2.40. The fraction of sp³-hybridized carbons (Fsp3) is 0.364. The van der Waals surface area contributed by atoms with E-state index in [4.69, 9.17) is 16.3 Å². The summed E-state index contributed by atoms with van der Waals surface area (Å²) in [6.07, 6.45) is 0.756. The van der Waals surface area contributed by atoms with Crippen molar-refractivity contribution < 1.29 is 9.53 Å². The highest BCUT2D eigenvalue weighted by atomic mass is 35.5. The van der Waals surface area contributed by atoms with Crippen LogP contribution in [0.15, 0.2) is 24.3 Å². The molecule has 80 valence electrons. The number of ether oxygens (including phenoxy) is 1. The number of carbonyl (C=O) groups excluding carboxylic acids is 1. The molecule has 0 radical (unpaired) electrons. The molecule has 1 aromatic rings. The lowest BCUT2D eigenvalue weighted by atomic mass is 10.2. The van der Waals surface area contributed by atoms with Gasteiger partial charge in [-0.2, -0.15) is 0 Å². The van der Waals surface area contributed by atoms with Crippen molar-refractivity contribution in [3.8, 4) is 0 Å². The van der Waals surface area contributed by atoms with Crippen molar-refractivity contribution in [2.24, 2.45) is 0 Å². The number of carbonyl (C=O) groups is 1. The van der Waals surface area contributed by atoms with Gasteiger partial charge >= 0.3 is 5.97 Å². The Bertz CT molecular complexity index is 350. The van der Waals surface area contributed by atoms with E-state index in [1.165, 1.54) is 0 Å². The lowest BCUT2D eigenvalue weighted by molar-refractivity contribution is -0.139. The first-order chi connectivity index (χ1) is 7.25. The van der Waals surface area contributed by atoms with Crippen molar-refractivity contribution >= 4 is 17.6 Å². The van der Waals surface area contributed by atoms with Gasteiger partial charge in [-0.05, 0) is 17.7 Å². The molecule has 1 aromatic carbocycles. The molecule has 0 bridgehead atoms. The van der Waals surface area contributed by atoms with Gasteiger partial charge in [-0.25, -0.2) is 0 Å². The van der Waals surface area contributed by atoms with Crippen molar-refractivity contribution in [1.29, 1.82) is 0 Å². The second-order valence-electron chi connectivity index (χ2n) is 3.52. The Hall–Kier alpha value is -1.06. The lowest BCUT2D eigenvalue weighted by Gasteiger charge is -2.08. The largest absolute Gasteiger partial charge is 0.464 e. The minimum Gasteiger partial charge on any atom is -0.464 e. The second-order valence-corrected chi connectivity index (χ2v) is 3.95. The Balaban J connectivity index is 1.87. The third-order valence-corrected chi connectivity index (χ3v) is 2.65. The molecular weight excluding hydrogens is 214 g/mol. The van der Waals surface area contributed by atoms with Gasteiger partial charge in [0, 0.05) is 18.0 Å². The van der Waals surface area contributed by atoms with Gasteiger partial charge in [0.2, 0.25) is 0 Å². The first-order valence-electron chi connectivity index (χ1n) is 4.90. The van der Waals surface area contributed by atoms with Crippen molar-refractivity contribution in [2.75, 3.05) is 6.61 Å². The summed E-state index contributed by atoms with van der Waals surface area (Å²) in [5, 5.41) is 3.87. The van der Waals surface area contributed by atoms with Crippen molar-refractivity contribution in [1.82, 2.24) is 5.32 Å². The molecule has 1 aliphatic heterocycles. The summed E-state index contributed by atoms with van der Waals surface area (Å²) in [5.74, 6) is -0.149. The molecule has 1 unspecified atom stereocenters. The molecule has 15 heavy (non-hydrogen) atoms. The molecule has 2 rings (SSSR count). The van der Waals surface area contributed by atoms with Crippen LogP contribution in [0.5, 0.6) is 0 Å². The van der Waals surface area contributed by atoms with Crippen LogP contribution in [0.3, 0.4) is 0 Å². The van der Waals surface area contributed by atoms with Gasteiger partial charge in [0.15, 0.2) is 0 Å². The van der Waals surface area contributed by atoms with Crippen molar-refractivity contribution in [3.63, 3.8) is 0 Å². The summed E-state index contributed by atoms with van der Waals surface area (Å²) in [6, 6.07) is 7.41. The summed E-state index contributed by atoms with van der Waals surface area (Å²) in [7, 11) is 0. The number of rotatable bonds is 3. The first kappa shape index (κ1) is 10.5. The maximum Gasteiger partial charge on any atom is 0.323 e. The van der Waals surface area contributed by atoms with E-state index in [0.29, 0.717) is 13.2 Å². The van der Waals surface area contributed by atoms with Gasteiger partial charge in [-0.1, -0.05) is 23.7 Å². The monoisotopic (exact) mass is 225 g/mol. The summed E-state index contributed by atoms with van der Waals surface area (Å²) < 4.78 is 4.85. The zero-order valence-corrected chi connectivity index (χ0v) is 8.96. The second kappa shape index (κ2) is 4.64. The van der Waals surface area contributed by atoms with Crippen LogP contribution >= 0.6 is 11.6 Å². The summed E-state index contributed by atoms with van der Waals surface area (Å²) in [5.41, 5.74) is 1.11. The van der Waals surface area contributed by atoms with Crippen LogP contribution in [0.1, 0.15) is 12.0 Å². The molecule has 1 saturated heterocycles. The average Bonchev–Trinajstić information content (AvgIpc) is 2.63. The SMILES string of the molecule is O=C1OCCC1NCc1ccc(Cl)cc1. The summed E-state index contributed by atoms with van der Waals surface area (Å²) in [6.45, 7) is 1.19. The van der Waals surface area contributed by atoms with Crippen molar-refractivity contribution in [2.45, 2.75) is 19.0 Å².